The second-order valence-corrected chi connectivity index (χ2v) is 6.45. The highest BCUT2D eigenvalue weighted by atomic mass is 15.6. The predicted molar refractivity (Wildman–Crippen MR) is 91.5 cm³/mol. The van der Waals surface area contributed by atoms with Crippen LogP contribution in [0.15, 0.2) is 36.7 Å². The molecule has 0 spiro atoms. The predicted octanol–water partition coefficient (Wildman–Crippen LogP) is 3.06. The first kappa shape index (κ1) is 14.9. The minimum absolute atomic E-state index is 0.410. The molecule has 0 saturated heterocycles. The molecular formula is C17H21N7. The van der Waals surface area contributed by atoms with Gasteiger partial charge in [0.1, 0.15) is 5.82 Å². The minimum atomic E-state index is 0.410. The average molecular weight is 323 g/mol. The van der Waals surface area contributed by atoms with E-state index >= 15 is 0 Å². The van der Waals surface area contributed by atoms with Crippen molar-refractivity contribution < 1.29 is 0 Å². The zero-order chi connectivity index (χ0) is 16.5. The number of rotatable bonds is 6. The largest absolute Gasteiger partial charge is 0.378 e. The number of imidazole rings is 1. The lowest BCUT2D eigenvalue weighted by atomic mass is 10.2. The Balaban J connectivity index is 1.46. The molecule has 0 unspecified atom stereocenters. The summed E-state index contributed by atoms with van der Waals surface area (Å²) >= 11 is 0. The lowest BCUT2D eigenvalue weighted by Gasteiger charge is -2.12. The molecule has 1 aliphatic carbocycles. The zero-order valence-electron chi connectivity index (χ0n) is 13.9. The van der Waals surface area contributed by atoms with E-state index in [2.05, 4.69) is 68.5 Å². The monoisotopic (exact) mass is 323 g/mol. The second kappa shape index (κ2) is 6.07. The van der Waals surface area contributed by atoms with Crippen LogP contribution in [-0.4, -0.2) is 29.8 Å². The topological polar surface area (TPSA) is 73.5 Å². The molecule has 3 aromatic rings. The van der Waals surface area contributed by atoms with Gasteiger partial charge in [0.2, 0.25) is 0 Å². The summed E-state index contributed by atoms with van der Waals surface area (Å²) in [6, 6.07) is 9.12. The van der Waals surface area contributed by atoms with Crippen molar-refractivity contribution >= 4 is 5.69 Å². The van der Waals surface area contributed by atoms with Crippen LogP contribution < -0.4 is 5.32 Å². The number of benzene rings is 1. The Morgan fingerprint density at radius 1 is 1.21 bits per heavy atom. The maximum absolute atomic E-state index is 4.42. The highest BCUT2D eigenvalue weighted by Crippen LogP contribution is 2.36. The molecule has 1 aliphatic rings. The maximum Gasteiger partial charge on any atom is 0.182 e. The van der Waals surface area contributed by atoms with Crippen LogP contribution in [0.25, 0.3) is 11.4 Å². The highest BCUT2D eigenvalue weighted by Gasteiger charge is 2.28. The average Bonchev–Trinajstić information content (AvgIpc) is 3.12. The molecule has 1 saturated carbocycles. The Hall–Kier alpha value is -2.70. The first-order chi connectivity index (χ1) is 11.7. The van der Waals surface area contributed by atoms with Gasteiger partial charge in [-0.1, -0.05) is 0 Å². The van der Waals surface area contributed by atoms with Crippen LogP contribution in [0.5, 0.6) is 0 Å². The van der Waals surface area contributed by atoms with E-state index in [1.54, 1.807) is 0 Å². The lowest BCUT2D eigenvalue weighted by Crippen LogP contribution is -2.10. The summed E-state index contributed by atoms with van der Waals surface area (Å²) in [4.78, 5) is 4.42. The molecule has 0 atom stereocenters. The minimum Gasteiger partial charge on any atom is -0.378 e. The van der Waals surface area contributed by atoms with Gasteiger partial charge in [-0.25, -0.2) is 9.67 Å². The van der Waals surface area contributed by atoms with Gasteiger partial charge in [-0.3, -0.25) is 0 Å². The van der Waals surface area contributed by atoms with Crippen LogP contribution in [0.1, 0.15) is 44.6 Å². The van der Waals surface area contributed by atoms with Crippen LogP contribution in [0.4, 0.5) is 5.69 Å². The summed E-state index contributed by atoms with van der Waals surface area (Å²) in [5.74, 6) is 1.88. The fourth-order valence-electron chi connectivity index (χ4n) is 2.82. The van der Waals surface area contributed by atoms with Crippen molar-refractivity contribution in [3.63, 3.8) is 0 Å². The number of nitrogens with one attached hydrogen (secondary N) is 1. The van der Waals surface area contributed by atoms with Crippen molar-refractivity contribution in [2.45, 2.75) is 45.3 Å². The van der Waals surface area contributed by atoms with Crippen molar-refractivity contribution in [3.8, 4) is 11.4 Å². The molecule has 0 bridgehead atoms. The van der Waals surface area contributed by atoms with Gasteiger partial charge in [0.05, 0.1) is 12.6 Å². The van der Waals surface area contributed by atoms with Crippen molar-refractivity contribution in [1.29, 1.82) is 0 Å². The molecule has 0 amide bonds. The van der Waals surface area contributed by atoms with Gasteiger partial charge in [0, 0.05) is 29.7 Å². The van der Waals surface area contributed by atoms with Gasteiger partial charge >= 0.3 is 0 Å². The van der Waals surface area contributed by atoms with Gasteiger partial charge in [0.25, 0.3) is 0 Å². The van der Waals surface area contributed by atoms with E-state index in [4.69, 9.17) is 0 Å². The van der Waals surface area contributed by atoms with Crippen LogP contribution in [0.2, 0.25) is 0 Å². The van der Waals surface area contributed by atoms with E-state index in [1.165, 1.54) is 12.8 Å². The van der Waals surface area contributed by atoms with E-state index in [1.807, 2.05) is 17.1 Å². The number of tetrazole rings is 1. The summed E-state index contributed by atoms with van der Waals surface area (Å²) in [7, 11) is 0. The maximum atomic E-state index is 4.42. The molecule has 1 fully saturated rings. The van der Waals surface area contributed by atoms with E-state index in [-0.39, 0.29) is 0 Å². The van der Waals surface area contributed by atoms with Crippen LogP contribution in [-0.2, 0) is 6.54 Å². The molecule has 7 heteroatoms. The summed E-state index contributed by atoms with van der Waals surface area (Å²) in [6.07, 6.45) is 6.20. The number of aromatic nitrogens is 6. The third-order valence-electron chi connectivity index (χ3n) is 4.28. The van der Waals surface area contributed by atoms with Crippen molar-refractivity contribution in [2.24, 2.45) is 0 Å². The normalized spacial score (nSPS) is 14.3. The van der Waals surface area contributed by atoms with Crippen LogP contribution in [0.3, 0.4) is 0 Å². The van der Waals surface area contributed by atoms with E-state index < -0.39 is 0 Å². The quantitative estimate of drug-likeness (QED) is 0.754. The summed E-state index contributed by atoms with van der Waals surface area (Å²) < 4.78 is 4.10. The standard InChI is InChI=1S/C17H21N7/c1-12(2)23-10-9-18-16(23)11-19-14-5-3-13(4-6-14)17-20-21-22-24(17)15-7-8-15/h3-6,9-10,12,15,19H,7-8,11H2,1-2H3. The fraction of sp³-hybridized carbons (Fsp3) is 0.412. The molecular weight excluding hydrogens is 302 g/mol. The summed E-state index contributed by atoms with van der Waals surface area (Å²) in [6.45, 7) is 5.01. The third kappa shape index (κ3) is 2.89. The Kier molecular flexibility index (Phi) is 3.76. The summed E-state index contributed by atoms with van der Waals surface area (Å²) in [5, 5.41) is 15.5. The van der Waals surface area contributed by atoms with Gasteiger partial charge in [-0.2, -0.15) is 0 Å². The summed E-state index contributed by atoms with van der Waals surface area (Å²) in [5.41, 5.74) is 2.10. The lowest BCUT2D eigenvalue weighted by molar-refractivity contribution is 0.573. The SMILES string of the molecule is CC(C)n1ccnc1CNc1ccc(-c2nnnn2C2CC2)cc1. The first-order valence-corrected chi connectivity index (χ1v) is 8.36. The van der Waals surface area contributed by atoms with Crippen molar-refractivity contribution in [1.82, 2.24) is 29.8 Å². The molecule has 7 nitrogen and oxygen atoms in total. The fourth-order valence-corrected chi connectivity index (χ4v) is 2.82. The number of nitrogens with zero attached hydrogens (tertiary/aromatic N) is 6. The molecule has 1 N–H and O–H groups in total. The molecule has 2 aromatic heterocycles. The molecule has 2 heterocycles. The van der Waals surface area contributed by atoms with E-state index in [9.17, 15) is 0 Å². The Labute approximate surface area is 140 Å². The van der Waals surface area contributed by atoms with Crippen LogP contribution in [0, 0.1) is 0 Å². The van der Waals surface area contributed by atoms with Gasteiger partial charge in [0.15, 0.2) is 5.82 Å². The molecule has 124 valence electrons. The molecule has 0 aliphatic heterocycles. The molecule has 4 rings (SSSR count). The number of hydrogen-bond acceptors (Lipinski definition) is 5. The molecule has 24 heavy (non-hydrogen) atoms. The van der Waals surface area contributed by atoms with Crippen LogP contribution >= 0.6 is 0 Å². The van der Waals surface area contributed by atoms with Gasteiger partial charge in [-0.15, -0.1) is 5.10 Å². The van der Waals surface area contributed by atoms with Gasteiger partial charge < -0.3 is 9.88 Å². The second-order valence-electron chi connectivity index (χ2n) is 6.45. The Morgan fingerprint density at radius 3 is 2.71 bits per heavy atom. The smallest absolute Gasteiger partial charge is 0.182 e. The van der Waals surface area contributed by atoms with E-state index in [0.717, 1.165) is 22.9 Å². The zero-order valence-corrected chi connectivity index (χ0v) is 13.9. The highest BCUT2D eigenvalue weighted by molar-refractivity contribution is 5.59. The van der Waals surface area contributed by atoms with Crippen molar-refractivity contribution in [3.05, 3.63) is 42.5 Å². The Morgan fingerprint density at radius 2 is 2.00 bits per heavy atom. The molecule has 0 radical (unpaired) electrons. The first-order valence-electron chi connectivity index (χ1n) is 8.36. The third-order valence-corrected chi connectivity index (χ3v) is 4.28. The number of anilines is 1. The molecule has 1 aromatic carbocycles. The van der Waals surface area contributed by atoms with Gasteiger partial charge in [-0.05, 0) is 61.4 Å². The van der Waals surface area contributed by atoms with E-state index in [0.29, 0.717) is 18.6 Å². The number of hydrogen-bond donors (Lipinski definition) is 1. The Bertz CT molecular complexity index is 812. The van der Waals surface area contributed by atoms with Crippen molar-refractivity contribution in [2.75, 3.05) is 5.32 Å².